The number of carbonyl (C=O) groups is 1. The van der Waals surface area contributed by atoms with Gasteiger partial charge in [-0.1, -0.05) is 31.5 Å². The number of Topliss-reactive ketones (excluding diaryl/α,β-unsaturated/α-hetero) is 1. The van der Waals surface area contributed by atoms with E-state index in [2.05, 4.69) is 35.6 Å². The third-order valence-electron chi connectivity index (χ3n) is 4.08. The van der Waals surface area contributed by atoms with Crippen molar-refractivity contribution in [2.24, 2.45) is 7.05 Å². The van der Waals surface area contributed by atoms with Gasteiger partial charge in [-0.15, -0.1) is 0 Å². The first-order valence-electron chi connectivity index (χ1n) is 7.04. The van der Waals surface area contributed by atoms with Gasteiger partial charge in [-0.3, -0.25) is 9.69 Å². The smallest absolute Gasteiger partial charge is 0.179 e. The Morgan fingerprint density at radius 2 is 2.00 bits per heavy atom. The van der Waals surface area contributed by atoms with Crippen LogP contribution in [0.1, 0.15) is 35.8 Å². The van der Waals surface area contributed by atoms with Gasteiger partial charge in [0.25, 0.3) is 0 Å². The van der Waals surface area contributed by atoms with E-state index >= 15 is 0 Å². The van der Waals surface area contributed by atoms with Gasteiger partial charge in [-0.2, -0.15) is 0 Å². The highest BCUT2D eigenvalue weighted by atomic mass is 16.1. The molecular weight excluding hydrogens is 236 g/mol. The standard InChI is InChI=1S/C16H20N2O/c1-3-4-9-18-10-14-16(15(19)11-18)12-7-5-6-8-13(12)17(14)2/h5-8H,3-4,9-11H2,1-2H3. The van der Waals surface area contributed by atoms with Gasteiger partial charge in [0, 0.05) is 35.8 Å². The van der Waals surface area contributed by atoms with Crippen molar-refractivity contribution < 1.29 is 4.79 Å². The van der Waals surface area contributed by atoms with Crippen LogP contribution in [0.15, 0.2) is 24.3 Å². The minimum Gasteiger partial charge on any atom is -0.346 e. The summed E-state index contributed by atoms with van der Waals surface area (Å²) >= 11 is 0. The highest BCUT2D eigenvalue weighted by Gasteiger charge is 2.28. The Balaban J connectivity index is 2.05. The van der Waals surface area contributed by atoms with Crippen LogP contribution in [-0.2, 0) is 13.6 Å². The summed E-state index contributed by atoms with van der Waals surface area (Å²) in [6, 6.07) is 8.21. The molecule has 3 heteroatoms. The zero-order valence-electron chi connectivity index (χ0n) is 11.6. The molecule has 1 aromatic heterocycles. The molecule has 0 atom stereocenters. The van der Waals surface area contributed by atoms with E-state index in [0.29, 0.717) is 6.54 Å². The van der Waals surface area contributed by atoms with Crippen LogP contribution in [0, 0.1) is 0 Å². The summed E-state index contributed by atoms with van der Waals surface area (Å²) in [7, 11) is 2.07. The molecule has 0 spiro atoms. The van der Waals surface area contributed by atoms with Gasteiger partial charge in [0.05, 0.1) is 6.54 Å². The fraction of sp³-hybridized carbons (Fsp3) is 0.438. The van der Waals surface area contributed by atoms with E-state index in [-0.39, 0.29) is 5.78 Å². The summed E-state index contributed by atoms with van der Waals surface area (Å²) in [5, 5.41) is 1.11. The zero-order valence-corrected chi connectivity index (χ0v) is 11.6. The van der Waals surface area contributed by atoms with Crippen molar-refractivity contribution in [1.82, 2.24) is 9.47 Å². The van der Waals surface area contributed by atoms with Crippen molar-refractivity contribution >= 4 is 16.7 Å². The molecule has 0 saturated carbocycles. The Bertz CT molecular complexity index is 627. The topological polar surface area (TPSA) is 25.2 Å². The van der Waals surface area contributed by atoms with E-state index in [1.807, 2.05) is 12.1 Å². The molecular formula is C16H20N2O. The van der Waals surface area contributed by atoms with E-state index in [9.17, 15) is 4.79 Å². The van der Waals surface area contributed by atoms with Gasteiger partial charge in [-0.25, -0.2) is 0 Å². The summed E-state index contributed by atoms with van der Waals surface area (Å²) in [6.45, 7) is 4.67. The summed E-state index contributed by atoms with van der Waals surface area (Å²) in [6.07, 6.45) is 2.33. The molecule has 0 aliphatic carbocycles. The number of aromatic nitrogens is 1. The van der Waals surface area contributed by atoms with E-state index in [0.717, 1.165) is 36.0 Å². The maximum absolute atomic E-state index is 12.4. The van der Waals surface area contributed by atoms with Gasteiger partial charge in [0.1, 0.15) is 0 Å². The van der Waals surface area contributed by atoms with Crippen molar-refractivity contribution in [2.75, 3.05) is 13.1 Å². The van der Waals surface area contributed by atoms with Crippen molar-refractivity contribution in [3.05, 3.63) is 35.5 Å². The molecule has 3 nitrogen and oxygen atoms in total. The number of unbranched alkanes of at least 4 members (excludes halogenated alkanes) is 1. The van der Waals surface area contributed by atoms with E-state index in [1.165, 1.54) is 12.1 Å². The number of rotatable bonds is 3. The molecule has 1 aliphatic rings. The van der Waals surface area contributed by atoms with Crippen LogP contribution < -0.4 is 0 Å². The number of carbonyl (C=O) groups excluding carboxylic acids is 1. The Morgan fingerprint density at radius 3 is 2.79 bits per heavy atom. The van der Waals surface area contributed by atoms with Crippen molar-refractivity contribution in [3.8, 4) is 0 Å². The lowest BCUT2D eigenvalue weighted by molar-refractivity contribution is 0.0898. The molecule has 3 rings (SSSR count). The van der Waals surface area contributed by atoms with E-state index < -0.39 is 0 Å². The maximum atomic E-state index is 12.4. The number of hydrogen-bond donors (Lipinski definition) is 0. The minimum absolute atomic E-state index is 0.272. The SMILES string of the molecule is CCCCN1CC(=O)c2c(n(C)c3ccccc23)C1. The van der Waals surface area contributed by atoms with Gasteiger partial charge >= 0.3 is 0 Å². The predicted molar refractivity (Wildman–Crippen MR) is 77.4 cm³/mol. The number of hydrogen-bond acceptors (Lipinski definition) is 2. The largest absolute Gasteiger partial charge is 0.346 e. The number of ketones is 1. The zero-order chi connectivity index (χ0) is 13.4. The summed E-state index contributed by atoms with van der Waals surface area (Å²) in [4.78, 5) is 14.7. The summed E-state index contributed by atoms with van der Waals surface area (Å²) < 4.78 is 2.18. The molecule has 19 heavy (non-hydrogen) atoms. The molecule has 0 amide bonds. The van der Waals surface area contributed by atoms with Gasteiger partial charge in [-0.05, 0) is 19.0 Å². The fourth-order valence-electron chi connectivity index (χ4n) is 3.03. The van der Waals surface area contributed by atoms with Gasteiger partial charge in [0.2, 0.25) is 0 Å². The highest BCUT2D eigenvalue weighted by molar-refractivity contribution is 6.11. The molecule has 1 aliphatic heterocycles. The quantitative estimate of drug-likeness (QED) is 0.843. The minimum atomic E-state index is 0.272. The predicted octanol–water partition coefficient (Wildman–Crippen LogP) is 2.98. The molecule has 100 valence electrons. The molecule has 2 aromatic rings. The Hall–Kier alpha value is -1.61. The molecule has 0 N–H and O–H groups in total. The Labute approximate surface area is 113 Å². The second kappa shape index (κ2) is 4.82. The van der Waals surface area contributed by atoms with Gasteiger partial charge < -0.3 is 4.57 Å². The molecule has 0 unspecified atom stereocenters. The average Bonchev–Trinajstić information content (AvgIpc) is 2.71. The normalized spacial score (nSPS) is 16.0. The Morgan fingerprint density at radius 1 is 1.21 bits per heavy atom. The first kappa shape index (κ1) is 12.4. The lowest BCUT2D eigenvalue weighted by Crippen LogP contribution is -2.36. The van der Waals surface area contributed by atoms with Crippen molar-refractivity contribution in [2.45, 2.75) is 26.3 Å². The highest BCUT2D eigenvalue weighted by Crippen LogP contribution is 2.29. The third kappa shape index (κ3) is 1.98. The van der Waals surface area contributed by atoms with Crippen LogP contribution in [0.4, 0.5) is 0 Å². The van der Waals surface area contributed by atoms with Gasteiger partial charge in [0.15, 0.2) is 5.78 Å². The molecule has 0 fully saturated rings. The Kier molecular flexibility index (Phi) is 3.15. The third-order valence-corrected chi connectivity index (χ3v) is 4.08. The monoisotopic (exact) mass is 256 g/mol. The first-order chi connectivity index (χ1) is 9.22. The maximum Gasteiger partial charge on any atom is 0.179 e. The van der Waals surface area contributed by atoms with Crippen molar-refractivity contribution in [1.29, 1.82) is 0 Å². The number of nitrogens with zero attached hydrogens (tertiary/aromatic N) is 2. The van der Waals surface area contributed by atoms with Crippen LogP contribution in [0.2, 0.25) is 0 Å². The lowest BCUT2D eigenvalue weighted by Gasteiger charge is -2.26. The lowest BCUT2D eigenvalue weighted by atomic mass is 10.0. The van der Waals surface area contributed by atoms with Crippen LogP contribution in [0.25, 0.3) is 10.9 Å². The van der Waals surface area contributed by atoms with Crippen LogP contribution in [0.5, 0.6) is 0 Å². The fourth-order valence-corrected chi connectivity index (χ4v) is 3.03. The first-order valence-corrected chi connectivity index (χ1v) is 7.04. The molecule has 0 radical (unpaired) electrons. The average molecular weight is 256 g/mol. The van der Waals surface area contributed by atoms with E-state index in [1.54, 1.807) is 0 Å². The summed E-state index contributed by atoms with van der Waals surface area (Å²) in [5.74, 6) is 0.272. The number of aryl methyl sites for hydroxylation is 1. The number of benzene rings is 1. The van der Waals surface area contributed by atoms with Crippen LogP contribution >= 0.6 is 0 Å². The van der Waals surface area contributed by atoms with Crippen molar-refractivity contribution in [3.63, 3.8) is 0 Å². The molecule has 2 heterocycles. The van der Waals surface area contributed by atoms with E-state index in [4.69, 9.17) is 0 Å². The second-order valence-corrected chi connectivity index (χ2v) is 5.39. The number of fused-ring (bicyclic) bond motifs is 3. The molecule has 0 saturated heterocycles. The molecule has 1 aromatic carbocycles. The second-order valence-electron chi connectivity index (χ2n) is 5.39. The summed E-state index contributed by atoms with van der Waals surface area (Å²) in [5.41, 5.74) is 3.29. The number of para-hydroxylation sites is 1. The molecule has 0 bridgehead atoms. The van der Waals surface area contributed by atoms with Crippen LogP contribution in [0.3, 0.4) is 0 Å². The van der Waals surface area contributed by atoms with Crippen LogP contribution in [-0.4, -0.2) is 28.3 Å².